The standard InChI is InChI=1S/C12H19N5S3/c1-17(2)6-10-5-9(8-19-10)7-18-4-3-14-12-11(13)15-20-16-12/h5,8H,3-4,6-7H2,1-2H3,(H2,13,15)(H,14,16). The average Bonchev–Trinajstić information content (AvgIpc) is 2.98. The molecular formula is C12H19N5S3. The summed E-state index contributed by atoms with van der Waals surface area (Å²) in [5.74, 6) is 3.28. The summed E-state index contributed by atoms with van der Waals surface area (Å²) in [6.07, 6.45) is 0. The fraction of sp³-hybridized carbons (Fsp3) is 0.500. The van der Waals surface area contributed by atoms with Gasteiger partial charge < -0.3 is 16.0 Å². The molecule has 0 radical (unpaired) electrons. The zero-order chi connectivity index (χ0) is 14.4. The van der Waals surface area contributed by atoms with Gasteiger partial charge in [-0.3, -0.25) is 0 Å². The van der Waals surface area contributed by atoms with Crippen molar-refractivity contribution in [3.63, 3.8) is 0 Å². The van der Waals surface area contributed by atoms with Gasteiger partial charge in [-0.1, -0.05) is 0 Å². The quantitative estimate of drug-likeness (QED) is 0.726. The molecule has 0 saturated heterocycles. The van der Waals surface area contributed by atoms with Gasteiger partial charge in [0.05, 0.1) is 11.7 Å². The summed E-state index contributed by atoms with van der Waals surface area (Å²) in [6.45, 7) is 1.88. The molecule has 0 atom stereocenters. The molecule has 2 aromatic heterocycles. The van der Waals surface area contributed by atoms with E-state index in [1.807, 2.05) is 23.1 Å². The van der Waals surface area contributed by atoms with Gasteiger partial charge in [-0.05, 0) is 31.1 Å². The van der Waals surface area contributed by atoms with E-state index in [-0.39, 0.29) is 0 Å². The Morgan fingerprint density at radius 3 is 2.95 bits per heavy atom. The van der Waals surface area contributed by atoms with Crippen LogP contribution in [0.3, 0.4) is 0 Å². The van der Waals surface area contributed by atoms with Crippen molar-refractivity contribution in [3.8, 4) is 0 Å². The van der Waals surface area contributed by atoms with Gasteiger partial charge in [0.25, 0.3) is 0 Å². The fourth-order valence-electron chi connectivity index (χ4n) is 1.65. The summed E-state index contributed by atoms with van der Waals surface area (Å²) < 4.78 is 8.01. The van der Waals surface area contributed by atoms with E-state index in [9.17, 15) is 0 Å². The van der Waals surface area contributed by atoms with Crippen molar-refractivity contribution < 1.29 is 0 Å². The average molecular weight is 330 g/mol. The van der Waals surface area contributed by atoms with Gasteiger partial charge in [0.15, 0.2) is 11.6 Å². The van der Waals surface area contributed by atoms with Gasteiger partial charge >= 0.3 is 0 Å². The summed E-state index contributed by atoms with van der Waals surface area (Å²) >= 11 is 4.89. The monoisotopic (exact) mass is 329 g/mol. The minimum Gasteiger partial charge on any atom is -0.380 e. The lowest BCUT2D eigenvalue weighted by atomic mass is 10.3. The van der Waals surface area contributed by atoms with Crippen LogP contribution in [0, 0.1) is 0 Å². The molecule has 0 aromatic carbocycles. The molecule has 110 valence electrons. The van der Waals surface area contributed by atoms with Crippen molar-refractivity contribution in [1.82, 2.24) is 13.6 Å². The van der Waals surface area contributed by atoms with Gasteiger partial charge in [-0.2, -0.15) is 20.5 Å². The molecular weight excluding hydrogens is 310 g/mol. The fourth-order valence-corrected chi connectivity index (χ4v) is 4.01. The van der Waals surface area contributed by atoms with Crippen LogP contribution in [0.1, 0.15) is 10.4 Å². The maximum atomic E-state index is 5.65. The van der Waals surface area contributed by atoms with Crippen LogP contribution in [-0.2, 0) is 12.3 Å². The molecule has 20 heavy (non-hydrogen) atoms. The van der Waals surface area contributed by atoms with Crippen LogP contribution in [-0.4, -0.2) is 40.0 Å². The summed E-state index contributed by atoms with van der Waals surface area (Å²) in [5, 5.41) is 5.45. The largest absolute Gasteiger partial charge is 0.380 e. The minimum atomic E-state index is 0.492. The SMILES string of the molecule is CN(C)Cc1cc(CSCCNc2nsnc2N)cs1. The first-order valence-corrected chi connectivity index (χ1v) is 9.02. The number of hydrogen-bond acceptors (Lipinski definition) is 8. The van der Waals surface area contributed by atoms with Crippen molar-refractivity contribution in [2.45, 2.75) is 12.3 Å². The number of rotatable bonds is 8. The maximum absolute atomic E-state index is 5.65. The van der Waals surface area contributed by atoms with Gasteiger partial charge in [0.1, 0.15) is 0 Å². The Hall–Kier alpha value is -0.830. The zero-order valence-electron chi connectivity index (χ0n) is 11.6. The maximum Gasteiger partial charge on any atom is 0.184 e. The first-order valence-electron chi connectivity index (χ1n) is 6.26. The molecule has 2 aromatic rings. The van der Waals surface area contributed by atoms with Gasteiger partial charge in [0, 0.05) is 29.5 Å². The molecule has 0 aliphatic heterocycles. The highest BCUT2D eigenvalue weighted by molar-refractivity contribution is 7.98. The van der Waals surface area contributed by atoms with E-state index < -0.39 is 0 Å². The van der Waals surface area contributed by atoms with E-state index >= 15 is 0 Å². The summed E-state index contributed by atoms with van der Waals surface area (Å²) in [4.78, 5) is 3.61. The normalized spacial score (nSPS) is 11.2. The molecule has 0 saturated carbocycles. The summed E-state index contributed by atoms with van der Waals surface area (Å²) in [5.41, 5.74) is 7.06. The lowest BCUT2D eigenvalue weighted by molar-refractivity contribution is 0.406. The van der Waals surface area contributed by atoms with E-state index in [4.69, 9.17) is 5.73 Å². The Morgan fingerprint density at radius 2 is 2.25 bits per heavy atom. The van der Waals surface area contributed by atoms with Crippen molar-refractivity contribution in [3.05, 3.63) is 21.9 Å². The number of thioether (sulfide) groups is 1. The van der Waals surface area contributed by atoms with E-state index in [1.54, 1.807) is 0 Å². The highest BCUT2D eigenvalue weighted by Crippen LogP contribution is 2.21. The molecule has 2 heterocycles. The summed E-state index contributed by atoms with van der Waals surface area (Å²) in [7, 11) is 4.19. The smallest absolute Gasteiger partial charge is 0.184 e. The van der Waals surface area contributed by atoms with Crippen LogP contribution < -0.4 is 11.1 Å². The molecule has 0 fully saturated rings. The zero-order valence-corrected chi connectivity index (χ0v) is 14.1. The van der Waals surface area contributed by atoms with Crippen LogP contribution in [0.5, 0.6) is 0 Å². The summed E-state index contributed by atoms with van der Waals surface area (Å²) in [6, 6.07) is 2.30. The van der Waals surface area contributed by atoms with E-state index in [1.165, 1.54) is 10.4 Å². The number of nitrogens with two attached hydrogens (primary N) is 1. The van der Waals surface area contributed by atoms with Crippen molar-refractivity contribution in [2.24, 2.45) is 0 Å². The Balaban J connectivity index is 1.63. The molecule has 8 heteroatoms. The number of nitrogen functional groups attached to an aromatic ring is 1. The number of nitrogens with one attached hydrogen (secondary N) is 1. The lowest BCUT2D eigenvalue weighted by Gasteiger charge is -2.06. The lowest BCUT2D eigenvalue weighted by Crippen LogP contribution is -2.09. The molecule has 0 bridgehead atoms. The molecule has 0 amide bonds. The predicted molar refractivity (Wildman–Crippen MR) is 90.7 cm³/mol. The third kappa shape index (κ3) is 4.93. The molecule has 0 aliphatic carbocycles. The third-order valence-electron chi connectivity index (χ3n) is 2.50. The van der Waals surface area contributed by atoms with E-state index in [0.29, 0.717) is 11.6 Å². The van der Waals surface area contributed by atoms with Gasteiger partial charge in [-0.15, -0.1) is 11.3 Å². The van der Waals surface area contributed by atoms with Crippen LogP contribution in [0.2, 0.25) is 0 Å². The highest BCUT2D eigenvalue weighted by Gasteiger charge is 2.03. The van der Waals surface area contributed by atoms with E-state index in [0.717, 1.165) is 36.3 Å². The molecule has 0 spiro atoms. The van der Waals surface area contributed by atoms with Gasteiger partial charge in [-0.25, -0.2) is 0 Å². The highest BCUT2D eigenvalue weighted by atomic mass is 32.2. The molecule has 5 nitrogen and oxygen atoms in total. The third-order valence-corrected chi connectivity index (χ3v) is 5.04. The van der Waals surface area contributed by atoms with Crippen LogP contribution in [0.15, 0.2) is 11.4 Å². The second-order valence-electron chi connectivity index (χ2n) is 4.64. The molecule has 0 aliphatic rings. The Morgan fingerprint density at radius 1 is 1.40 bits per heavy atom. The van der Waals surface area contributed by atoms with Crippen LogP contribution >= 0.6 is 34.8 Å². The second kappa shape index (κ2) is 7.82. The van der Waals surface area contributed by atoms with Crippen molar-refractivity contribution in [1.29, 1.82) is 0 Å². The number of thiophene rings is 1. The number of aromatic nitrogens is 2. The minimum absolute atomic E-state index is 0.492. The van der Waals surface area contributed by atoms with Crippen LogP contribution in [0.25, 0.3) is 0 Å². The Kier molecular flexibility index (Phi) is 6.08. The topological polar surface area (TPSA) is 67.1 Å². The van der Waals surface area contributed by atoms with Crippen LogP contribution in [0.4, 0.5) is 11.6 Å². The molecule has 2 rings (SSSR count). The second-order valence-corrected chi connectivity index (χ2v) is 7.27. The number of nitrogens with zero attached hydrogens (tertiary/aromatic N) is 3. The van der Waals surface area contributed by atoms with E-state index in [2.05, 4.69) is 44.5 Å². The number of anilines is 2. The predicted octanol–water partition coefficient (Wildman–Crippen LogP) is 2.59. The van der Waals surface area contributed by atoms with Gasteiger partial charge in [0.2, 0.25) is 0 Å². The Bertz CT molecular complexity index is 523. The Labute approximate surface area is 131 Å². The first kappa shape index (κ1) is 15.6. The van der Waals surface area contributed by atoms with Crippen molar-refractivity contribution >= 4 is 46.5 Å². The molecule has 0 unspecified atom stereocenters. The molecule has 3 N–H and O–H groups in total. The van der Waals surface area contributed by atoms with Crippen molar-refractivity contribution in [2.75, 3.05) is 37.4 Å². The first-order chi connectivity index (χ1) is 9.65. The number of hydrogen-bond donors (Lipinski definition) is 2.